The minimum absolute atomic E-state index is 0.125. The van der Waals surface area contributed by atoms with Crippen molar-refractivity contribution in [3.05, 3.63) is 34.6 Å². The van der Waals surface area contributed by atoms with Crippen molar-refractivity contribution in [2.24, 2.45) is 5.73 Å². The molecule has 1 fully saturated rings. The summed E-state index contributed by atoms with van der Waals surface area (Å²) in [7, 11) is 0. The smallest absolute Gasteiger partial charge is 0.128 e. The molecule has 1 aliphatic heterocycles. The van der Waals surface area contributed by atoms with E-state index in [1.807, 2.05) is 13.8 Å². The first-order chi connectivity index (χ1) is 9.01. The summed E-state index contributed by atoms with van der Waals surface area (Å²) < 4.78 is 19.7. The van der Waals surface area contributed by atoms with Crippen molar-refractivity contribution in [1.82, 2.24) is 4.90 Å². The van der Waals surface area contributed by atoms with E-state index in [1.165, 1.54) is 6.07 Å². The van der Waals surface area contributed by atoms with Gasteiger partial charge in [-0.1, -0.05) is 11.6 Å². The van der Waals surface area contributed by atoms with Crippen molar-refractivity contribution in [3.8, 4) is 0 Å². The van der Waals surface area contributed by atoms with Gasteiger partial charge in [0.05, 0.1) is 18.2 Å². The Labute approximate surface area is 118 Å². The normalized spacial score (nSPS) is 26.4. The van der Waals surface area contributed by atoms with E-state index >= 15 is 0 Å². The van der Waals surface area contributed by atoms with E-state index in [9.17, 15) is 4.39 Å². The zero-order valence-corrected chi connectivity index (χ0v) is 12.0. The molecular weight excluding hydrogens is 267 g/mol. The van der Waals surface area contributed by atoms with Crippen LogP contribution in [-0.2, 0) is 4.74 Å². The fourth-order valence-corrected chi connectivity index (χ4v) is 2.90. The van der Waals surface area contributed by atoms with Gasteiger partial charge in [-0.3, -0.25) is 4.90 Å². The highest BCUT2D eigenvalue weighted by atomic mass is 35.5. The van der Waals surface area contributed by atoms with Crippen LogP contribution in [0.1, 0.15) is 25.5 Å². The standard InChI is InChI=1S/C14H20ClFN2O/c1-9-7-18(8-10(2)19-9)14(6-17)12-5-11(15)3-4-13(12)16/h3-5,9-10,14H,6-8,17H2,1-2H3. The van der Waals surface area contributed by atoms with Gasteiger partial charge < -0.3 is 10.5 Å². The zero-order chi connectivity index (χ0) is 14.0. The van der Waals surface area contributed by atoms with E-state index in [0.717, 1.165) is 13.1 Å². The summed E-state index contributed by atoms with van der Waals surface area (Å²) in [6.07, 6.45) is 0.250. The molecule has 3 atom stereocenters. The lowest BCUT2D eigenvalue weighted by Gasteiger charge is -2.40. The van der Waals surface area contributed by atoms with Crippen LogP contribution in [0.25, 0.3) is 0 Å². The number of hydrogen-bond acceptors (Lipinski definition) is 3. The Balaban J connectivity index is 2.26. The summed E-state index contributed by atoms with van der Waals surface area (Å²) in [6.45, 7) is 5.89. The summed E-state index contributed by atoms with van der Waals surface area (Å²) in [5.41, 5.74) is 6.42. The number of hydrogen-bond donors (Lipinski definition) is 1. The lowest BCUT2D eigenvalue weighted by atomic mass is 10.0. The second-order valence-electron chi connectivity index (χ2n) is 5.13. The number of ether oxygens (including phenoxy) is 1. The van der Waals surface area contributed by atoms with E-state index < -0.39 is 0 Å². The van der Waals surface area contributed by atoms with E-state index in [4.69, 9.17) is 22.1 Å². The number of benzene rings is 1. The molecule has 0 aromatic heterocycles. The third-order valence-electron chi connectivity index (χ3n) is 3.43. The predicted molar refractivity (Wildman–Crippen MR) is 74.8 cm³/mol. The van der Waals surface area contributed by atoms with Crippen molar-refractivity contribution >= 4 is 11.6 Å². The van der Waals surface area contributed by atoms with E-state index in [2.05, 4.69) is 4.90 Å². The van der Waals surface area contributed by atoms with Gasteiger partial charge in [0.2, 0.25) is 0 Å². The van der Waals surface area contributed by atoms with Gasteiger partial charge in [0.1, 0.15) is 5.82 Å². The first-order valence-electron chi connectivity index (χ1n) is 6.55. The van der Waals surface area contributed by atoms with Crippen LogP contribution in [-0.4, -0.2) is 36.7 Å². The second kappa shape index (κ2) is 6.18. The maximum absolute atomic E-state index is 14.0. The van der Waals surface area contributed by atoms with Crippen molar-refractivity contribution < 1.29 is 9.13 Å². The zero-order valence-electron chi connectivity index (χ0n) is 11.3. The van der Waals surface area contributed by atoms with Gasteiger partial charge in [0.25, 0.3) is 0 Å². The number of rotatable bonds is 3. The Morgan fingerprint density at radius 2 is 2.05 bits per heavy atom. The minimum atomic E-state index is -0.258. The Hall–Kier alpha value is -0.680. The van der Waals surface area contributed by atoms with Crippen molar-refractivity contribution in [3.63, 3.8) is 0 Å². The van der Waals surface area contributed by atoms with Crippen LogP contribution < -0.4 is 5.73 Å². The van der Waals surface area contributed by atoms with Crippen LogP contribution in [0.3, 0.4) is 0 Å². The molecule has 0 radical (unpaired) electrons. The first kappa shape index (κ1) is 14.7. The molecule has 0 spiro atoms. The van der Waals surface area contributed by atoms with E-state index in [1.54, 1.807) is 12.1 Å². The van der Waals surface area contributed by atoms with Gasteiger partial charge in [-0.2, -0.15) is 0 Å². The summed E-state index contributed by atoms with van der Waals surface area (Å²) in [5, 5.41) is 0.532. The molecule has 1 aromatic carbocycles. The molecule has 1 aliphatic rings. The molecular formula is C14H20ClFN2O. The van der Waals surface area contributed by atoms with Crippen LogP contribution in [0, 0.1) is 5.82 Å². The topological polar surface area (TPSA) is 38.5 Å². The predicted octanol–water partition coefficient (Wildman–Crippen LogP) is 2.59. The van der Waals surface area contributed by atoms with E-state index in [-0.39, 0.29) is 24.1 Å². The third kappa shape index (κ3) is 3.45. The Kier molecular flexibility index (Phi) is 4.79. The van der Waals surface area contributed by atoms with Crippen LogP contribution in [0.2, 0.25) is 5.02 Å². The van der Waals surface area contributed by atoms with Crippen molar-refractivity contribution in [2.45, 2.75) is 32.1 Å². The molecule has 106 valence electrons. The van der Waals surface area contributed by atoms with Gasteiger partial charge in [-0.25, -0.2) is 4.39 Å². The molecule has 0 saturated carbocycles. The lowest BCUT2D eigenvalue weighted by Crippen LogP contribution is -2.48. The number of morpholine rings is 1. The van der Waals surface area contributed by atoms with Gasteiger partial charge in [0, 0.05) is 30.2 Å². The SMILES string of the molecule is CC1CN(C(CN)c2cc(Cl)ccc2F)CC(C)O1. The minimum Gasteiger partial charge on any atom is -0.373 e. The van der Waals surface area contributed by atoms with Crippen molar-refractivity contribution in [1.29, 1.82) is 0 Å². The third-order valence-corrected chi connectivity index (χ3v) is 3.66. The number of halogens is 2. The number of nitrogens with two attached hydrogens (primary N) is 1. The van der Waals surface area contributed by atoms with Gasteiger partial charge >= 0.3 is 0 Å². The summed E-state index contributed by atoms with van der Waals surface area (Å²) in [4.78, 5) is 2.17. The summed E-state index contributed by atoms with van der Waals surface area (Å²) in [6, 6.07) is 4.46. The van der Waals surface area contributed by atoms with Gasteiger partial charge in [-0.05, 0) is 32.0 Å². The molecule has 3 nitrogen and oxygen atoms in total. The molecule has 2 rings (SSSR count). The van der Waals surface area contributed by atoms with Crippen LogP contribution in [0.5, 0.6) is 0 Å². The average Bonchev–Trinajstić information content (AvgIpc) is 2.33. The molecule has 0 amide bonds. The molecule has 1 heterocycles. The highest BCUT2D eigenvalue weighted by molar-refractivity contribution is 6.30. The van der Waals surface area contributed by atoms with Crippen LogP contribution in [0.4, 0.5) is 4.39 Å². The molecule has 1 aromatic rings. The molecule has 5 heteroatoms. The fourth-order valence-electron chi connectivity index (χ4n) is 2.71. The van der Waals surface area contributed by atoms with Crippen LogP contribution in [0.15, 0.2) is 18.2 Å². The Morgan fingerprint density at radius 1 is 1.42 bits per heavy atom. The maximum Gasteiger partial charge on any atom is 0.128 e. The van der Waals surface area contributed by atoms with Crippen molar-refractivity contribution in [2.75, 3.05) is 19.6 Å². The number of nitrogens with zero attached hydrogens (tertiary/aromatic N) is 1. The maximum atomic E-state index is 14.0. The summed E-state index contributed by atoms with van der Waals surface area (Å²) in [5.74, 6) is -0.258. The molecule has 2 N–H and O–H groups in total. The molecule has 1 saturated heterocycles. The summed E-state index contributed by atoms with van der Waals surface area (Å²) >= 11 is 5.96. The Bertz CT molecular complexity index is 433. The van der Waals surface area contributed by atoms with E-state index in [0.29, 0.717) is 17.1 Å². The molecule has 3 unspecified atom stereocenters. The molecule has 19 heavy (non-hydrogen) atoms. The Morgan fingerprint density at radius 3 is 2.63 bits per heavy atom. The highest BCUT2D eigenvalue weighted by Gasteiger charge is 2.29. The van der Waals surface area contributed by atoms with Gasteiger partial charge in [0.15, 0.2) is 0 Å². The monoisotopic (exact) mass is 286 g/mol. The lowest BCUT2D eigenvalue weighted by molar-refractivity contribution is -0.0802. The highest BCUT2D eigenvalue weighted by Crippen LogP contribution is 2.28. The first-order valence-corrected chi connectivity index (χ1v) is 6.93. The largest absolute Gasteiger partial charge is 0.373 e. The molecule has 0 aliphatic carbocycles. The average molecular weight is 287 g/mol. The fraction of sp³-hybridized carbons (Fsp3) is 0.571. The quantitative estimate of drug-likeness (QED) is 0.928. The second-order valence-corrected chi connectivity index (χ2v) is 5.56. The molecule has 0 bridgehead atoms. The van der Waals surface area contributed by atoms with Crippen LogP contribution >= 0.6 is 11.6 Å². The van der Waals surface area contributed by atoms with Gasteiger partial charge in [-0.15, -0.1) is 0 Å².